The van der Waals surface area contributed by atoms with Crippen molar-refractivity contribution in [3.63, 3.8) is 0 Å². The molecule has 1 N–H and O–H groups in total. The van der Waals surface area contributed by atoms with Crippen LogP contribution in [0.5, 0.6) is 0 Å². The molecule has 0 saturated carbocycles. The van der Waals surface area contributed by atoms with Gasteiger partial charge in [-0.05, 0) is 32.6 Å². The van der Waals surface area contributed by atoms with E-state index in [0.29, 0.717) is 6.42 Å². The number of aliphatic carboxylic acids is 1. The van der Waals surface area contributed by atoms with E-state index in [9.17, 15) is 9.59 Å². The molecule has 17 heavy (non-hydrogen) atoms. The Morgan fingerprint density at radius 3 is 2.71 bits per heavy atom. The summed E-state index contributed by atoms with van der Waals surface area (Å²) >= 11 is 0. The Balaban J connectivity index is 2.71. The van der Waals surface area contributed by atoms with Gasteiger partial charge in [0.2, 0.25) is 0 Å². The molecule has 3 atom stereocenters. The molecule has 0 aromatic heterocycles. The van der Waals surface area contributed by atoms with Crippen molar-refractivity contribution in [2.75, 3.05) is 0 Å². The number of rotatable bonds is 5. The van der Waals surface area contributed by atoms with Crippen LogP contribution in [0.4, 0.5) is 0 Å². The minimum absolute atomic E-state index is 0.224. The van der Waals surface area contributed by atoms with Crippen LogP contribution in [0.2, 0.25) is 0 Å². The first kappa shape index (κ1) is 13.7. The average molecular weight is 240 g/mol. The average Bonchev–Trinajstić information content (AvgIpc) is 2.29. The van der Waals surface area contributed by atoms with E-state index in [1.807, 2.05) is 19.1 Å². The van der Waals surface area contributed by atoms with Crippen LogP contribution < -0.4 is 0 Å². The fourth-order valence-corrected chi connectivity index (χ4v) is 1.93. The molecule has 0 bridgehead atoms. The lowest BCUT2D eigenvalue weighted by atomic mass is 9.84. The number of esters is 1. The van der Waals surface area contributed by atoms with Crippen molar-refractivity contribution in [1.29, 1.82) is 0 Å². The SMILES string of the molecule is CCC(C)OC(=O)C(C(=O)O)C1C=CCCC1. The standard InChI is InChI=1S/C13H20O4/c1-3-9(2)17-13(16)11(12(14)15)10-7-5-4-6-8-10/h5,7,9-11H,3-4,6,8H2,1-2H3,(H,14,15). The van der Waals surface area contributed by atoms with Crippen LogP contribution in [-0.2, 0) is 14.3 Å². The molecule has 0 aliphatic heterocycles. The fraction of sp³-hybridized carbons (Fsp3) is 0.692. The lowest BCUT2D eigenvalue weighted by Gasteiger charge is -2.23. The smallest absolute Gasteiger partial charge is 0.321 e. The van der Waals surface area contributed by atoms with Crippen LogP contribution in [0.3, 0.4) is 0 Å². The molecule has 1 aliphatic carbocycles. The van der Waals surface area contributed by atoms with Crippen LogP contribution in [0.25, 0.3) is 0 Å². The summed E-state index contributed by atoms with van der Waals surface area (Å²) in [5.74, 6) is -2.98. The lowest BCUT2D eigenvalue weighted by Crippen LogP contribution is -2.34. The fourth-order valence-electron chi connectivity index (χ4n) is 1.93. The number of allylic oxidation sites excluding steroid dienone is 2. The predicted octanol–water partition coefficient (Wildman–Crippen LogP) is 2.39. The molecule has 0 spiro atoms. The second kappa shape index (κ2) is 6.42. The minimum Gasteiger partial charge on any atom is -0.481 e. The summed E-state index contributed by atoms with van der Waals surface area (Å²) in [6, 6.07) is 0. The molecule has 0 radical (unpaired) electrons. The molecule has 4 heteroatoms. The first-order chi connectivity index (χ1) is 8.06. The zero-order valence-electron chi connectivity index (χ0n) is 10.4. The normalized spacial score (nSPS) is 22.8. The van der Waals surface area contributed by atoms with E-state index < -0.39 is 17.9 Å². The number of carboxylic acid groups (broad SMARTS) is 1. The van der Waals surface area contributed by atoms with E-state index >= 15 is 0 Å². The number of carboxylic acids is 1. The van der Waals surface area contributed by atoms with Crippen molar-refractivity contribution < 1.29 is 19.4 Å². The van der Waals surface area contributed by atoms with Gasteiger partial charge in [0.25, 0.3) is 0 Å². The van der Waals surface area contributed by atoms with Crippen LogP contribution in [0.15, 0.2) is 12.2 Å². The highest BCUT2D eigenvalue weighted by Crippen LogP contribution is 2.26. The highest BCUT2D eigenvalue weighted by Gasteiger charge is 2.35. The molecule has 4 nitrogen and oxygen atoms in total. The topological polar surface area (TPSA) is 63.6 Å². The van der Waals surface area contributed by atoms with Gasteiger partial charge in [-0.1, -0.05) is 19.1 Å². The number of hydrogen-bond donors (Lipinski definition) is 1. The molecule has 0 saturated heterocycles. The van der Waals surface area contributed by atoms with E-state index in [0.717, 1.165) is 19.3 Å². The van der Waals surface area contributed by atoms with Crippen LogP contribution in [-0.4, -0.2) is 23.1 Å². The first-order valence-corrected chi connectivity index (χ1v) is 6.16. The van der Waals surface area contributed by atoms with Gasteiger partial charge in [0.05, 0.1) is 6.10 Å². The molecular formula is C13H20O4. The number of ether oxygens (including phenoxy) is 1. The van der Waals surface area contributed by atoms with E-state index in [2.05, 4.69) is 0 Å². The van der Waals surface area contributed by atoms with Gasteiger partial charge in [0.15, 0.2) is 5.92 Å². The van der Waals surface area contributed by atoms with Crippen molar-refractivity contribution in [2.45, 2.75) is 45.6 Å². The maximum atomic E-state index is 11.8. The van der Waals surface area contributed by atoms with Crippen LogP contribution in [0.1, 0.15) is 39.5 Å². The Hall–Kier alpha value is -1.32. The molecular weight excluding hydrogens is 220 g/mol. The van der Waals surface area contributed by atoms with E-state index in [-0.39, 0.29) is 12.0 Å². The highest BCUT2D eigenvalue weighted by molar-refractivity contribution is 5.94. The molecule has 3 unspecified atom stereocenters. The second-order valence-electron chi connectivity index (χ2n) is 4.49. The molecule has 1 aliphatic rings. The maximum absolute atomic E-state index is 11.8. The van der Waals surface area contributed by atoms with Gasteiger partial charge in [-0.2, -0.15) is 0 Å². The van der Waals surface area contributed by atoms with Gasteiger partial charge in [-0.15, -0.1) is 0 Å². The summed E-state index contributed by atoms with van der Waals surface area (Å²) < 4.78 is 5.12. The van der Waals surface area contributed by atoms with Crippen molar-refractivity contribution in [1.82, 2.24) is 0 Å². The molecule has 0 aromatic carbocycles. The minimum atomic E-state index is -1.09. The zero-order valence-corrected chi connectivity index (χ0v) is 10.4. The van der Waals surface area contributed by atoms with Crippen molar-refractivity contribution in [3.8, 4) is 0 Å². The summed E-state index contributed by atoms with van der Waals surface area (Å²) in [4.78, 5) is 23.0. The number of carbonyl (C=O) groups excluding carboxylic acids is 1. The summed E-state index contributed by atoms with van der Waals surface area (Å²) in [5, 5.41) is 9.15. The van der Waals surface area contributed by atoms with Gasteiger partial charge < -0.3 is 9.84 Å². The van der Waals surface area contributed by atoms with E-state index in [4.69, 9.17) is 9.84 Å². The number of hydrogen-bond acceptors (Lipinski definition) is 3. The summed E-state index contributed by atoms with van der Waals surface area (Å²) in [6.45, 7) is 3.67. The molecule has 0 amide bonds. The Morgan fingerprint density at radius 2 is 2.24 bits per heavy atom. The summed E-state index contributed by atoms with van der Waals surface area (Å²) in [7, 11) is 0. The summed E-state index contributed by atoms with van der Waals surface area (Å²) in [6.07, 6.45) is 6.88. The molecule has 1 rings (SSSR count). The predicted molar refractivity (Wildman–Crippen MR) is 63.5 cm³/mol. The van der Waals surface area contributed by atoms with Gasteiger partial charge in [0, 0.05) is 5.92 Å². The Kier molecular flexibility index (Phi) is 5.19. The maximum Gasteiger partial charge on any atom is 0.321 e. The largest absolute Gasteiger partial charge is 0.481 e. The Bertz CT molecular complexity index is 309. The van der Waals surface area contributed by atoms with Crippen molar-refractivity contribution >= 4 is 11.9 Å². The van der Waals surface area contributed by atoms with E-state index in [1.165, 1.54) is 0 Å². The highest BCUT2D eigenvalue weighted by atomic mass is 16.5. The van der Waals surface area contributed by atoms with Crippen molar-refractivity contribution in [3.05, 3.63) is 12.2 Å². The van der Waals surface area contributed by atoms with Gasteiger partial charge in [0.1, 0.15) is 0 Å². The third kappa shape index (κ3) is 3.88. The molecule has 0 fully saturated rings. The Morgan fingerprint density at radius 1 is 1.53 bits per heavy atom. The quantitative estimate of drug-likeness (QED) is 0.455. The van der Waals surface area contributed by atoms with Crippen LogP contribution >= 0.6 is 0 Å². The van der Waals surface area contributed by atoms with Gasteiger partial charge in [-0.25, -0.2) is 0 Å². The van der Waals surface area contributed by atoms with Gasteiger partial charge >= 0.3 is 11.9 Å². The Labute approximate surface area is 102 Å². The van der Waals surface area contributed by atoms with Crippen LogP contribution in [0, 0.1) is 11.8 Å². The molecule has 0 aromatic rings. The third-order valence-corrected chi connectivity index (χ3v) is 3.13. The lowest BCUT2D eigenvalue weighted by molar-refractivity contribution is -0.164. The summed E-state index contributed by atoms with van der Waals surface area (Å²) in [5.41, 5.74) is 0. The monoisotopic (exact) mass is 240 g/mol. The number of carbonyl (C=O) groups is 2. The van der Waals surface area contributed by atoms with Gasteiger partial charge in [-0.3, -0.25) is 9.59 Å². The van der Waals surface area contributed by atoms with Crippen molar-refractivity contribution in [2.24, 2.45) is 11.8 Å². The first-order valence-electron chi connectivity index (χ1n) is 6.16. The van der Waals surface area contributed by atoms with E-state index in [1.54, 1.807) is 6.92 Å². The molecule has 96 valence electrons. The molecule has 0 heterocycles. The zero-order chi connectivity index (χ0) is 12.8. The third-order valence-electron chi connectivity index (χ3n) is 3.13. The second-order valence-corrected chi connectivity index (χ2v) is 4.49.